The number of carbonyl (C=O) groups is 2. The van der Waals surface area contributed by atoms with Crippen LogP contribution in [0.15, 0.2) is 0 Å². The van der Waals surface area contributed by atoms with Gasteiger partial charge in [0.15, 0.2) is 0 Å². The number of urea groups is 1. The average Bonchev–Trinajstić information content (AvgIpc) is 2.56. The standard InChI is InChI=1S/C8H12N6O3/c1-13-11-7(10-12-13)9-8(17)14-3-5(4-14)2-6(15)16/h5H,2-4H2,1H3,(H,15,16)(H,9,11,17). The number of aliphatic carboxylic acids is 1. The molecular weight excluding hydrogens is 228 g/mol. The molecule has 1 saturated heterocycles. The Morgan fingerprint density at radius 1 is 1.53 bits per heavy atom. The number of aryl methyl sites for hydroxylation is 1. The van der Waals surface area contributed by atoms with Crippen LogP contribution in [0.3, 0.4) is 0 Å². The number of carboxylic acids is 1. The van der Waals surface area contributed by atoms with E-state index in [0.717, 1.165) is 0 Å². The molecule has 0 unspecified atom stereocenters. The van der Waals surface area contributed by atoms with Crippen molar-refractivity contribution in [2.45, 2.75) is 6.42 Å². The summed E-state index contributed by atoms with van der Waals surface area (Å²) in [4.78, 5) is 24.7. The number of aromatic nitrogens is 4. The summed E-state index contributed by atoms with van der Waals surface area (Å²) in [6.07, 6.45) is 0.0904. The van der Waals surface area contributed by atoms with Crippen LogP contribution < -0.4 is 5.32 Å². The fourth-order valence-electron chi connectivity index (χ4n) is 1.62. The Labute approximate surface area is 96.4 Å². The highest BCUT2D eigenvalue weighted by Crippen LogP contribution is 2.19. The van der Waals surface area contributed by atoms with E-state index in [0.29, 0.717) is 13.1 Å². The Bertz CT molecular complexity index is 438. The minimum absolute atomic E-state index is 0.0352. The number of hydrogen-bond acceptors (Lipinski definition) is 5. The number of rotatable bonds is 3. The van der Waals surface area contributed by atoms with Gasteiger partial charge in [-0.25, -0.2) is 4.79 Å². The van der Waals surface area contributed by atoms with Gasteiger partial charge in [-0.2, -0.15) is 4.80 Å². The number of tetrazole rings is 1. The fourth-order valence-corrected chi connectivity index (χ4v) is 1.62. The Kier molecular flexibility index (Phi) is 2.90. The van der Waals surface area contributed by atoms with Gasteiger partial charge in [-0.1, -0.05) is 5.10 Å². The number of carboxylic acid groups (broad SMARTS) is 1. The van der Waals surface area contributed by atoms with Crippen LogP contribution in [-0.2, 0) is 11.8 Å². The molecule has 1 aromatic rings. The van der Waals surface area contributed by atoms with E-state index in [1.807, 2.05) is 0 Å². The third-order valence-electron chi connectivity index (χ3n) is 2.43. The summed E-state index contributed by atoms with van der Waals surface area (Å²) >= 11 is 0. The lowest BCUT2D eigenvalue weighted by Crippen LogP contribution is -2.52. The van der Waals surface area contributed by atoms with Crippen molar-refractivity contribution in [3.05, 3.63) is 0 Å². The summed E-state index contributed by atoms with van der Waals surface area (Å²) in [5.74, 6) is -0.669. The van der Waals surface area contributed by atoms with Crippen molar-refractivity contribution in [1.82, 2.24) is 25.1 Å². The maximum atomic E-state index is 11.6. The van der Waals surface area contributed by atoms with Gasteiger partial charge >= 0.3 is 12.0 Å². The predicted molar refractivity (Wildman–Crippen MR) is 55.1 cm³/mol. The molecule has 0 aliphatic carbocycles. The van der Waals surface area contributed by atoms with Crippen molar-refractivity contribution in [3.63, 3.8) is 0 Å². The van der Waals surface area contributed by atoms with Gasteiger partial charge in [0.05, 0.1) is 13.5 Å². The minimum Gasteiger partial charge on any atom is -0.481 e. The minimum atomic E-state index is -0.842. The highest BCUT2D eigenvalue weighted by atomic mass is 16.4. The number of nitrogens with one attached hydrogen (secondary N) is 1. The van der Waals surface area contributed by atoms with E-state index in [2.05, 4.69) is 20.7 Å². The first kappa shape index (κ1) is 11.3. The molecule has 9 heteroatoms. The van der Waals surface area contributed by atoms with Crippen LogP contribution in [-0.4, -0.2) is 55.3 Å². The van der Waals surface area contributed by atoms with Crippen LogP contribution in [0.1, 0.15) is 6.42 Å². The van der Waals surface area contributed by atoms with Crippen molar-refractivity contribution >= 4 is 17.9 Å². The number of carbonyl (C=O) groups excluding carboxylic acids is 1. The summed E-state index contributed by atoms with van der Waals surface area (Å²) in [5.41, 5.74) is 0. The lowest BCUT2D eigenvalue weighted by Gasteiger charge is -2.37. The van der Waals surface area contributed by atoms with Crippen molar-refractivity contribution in [2.24, 2.45) is 13.0 Å². The lowest BCUT2D eigenvalue weighted by atomic mass is 9.97. The molecule has 0 saturated carbocycles. The highest BCUT2D eigenvalue weighted by Gasteiger charge is 2.32. The van der Waals surface area contributed by atoms with E-state index in [1.165, 1.54) is 9.70 Å². The number of amides is 2. The maximum Gasteiger partial charge on any atom is 0.324 e. The summed E-state index contributed by atoms with van der Waals surface area (Å²) in [7, 11) is 1.59. The van der Waals surface area contributed by atoms with Crippen molar-refractivity contribution < 1.29 is 14.7 Å². The molecule has 2 rings (SSSR count). The third-order valence-corrected chi connectivity index (χ3v) is 2.43. The van der Waals surface area contributed by atoms with Gasteiger partial charge in [0.2, 0.25) is 0 Å². The van der Waals surface area contributed by atoms with E-state index >= 15 is 0 Å². The highest BCUT2D eigenvalue weighted by molar-refractivity contribution is 5.88. The molecule has 1 aromatic heterocycles. The largest absolute Gasteiger partial charge is 0.481 e. The lowest BCUT2D eigenvalue weighted by molar-refractivity contribution is -0.139. The molecule has 1 fully saturated rings. The topological polar surface area (TPSA) is 113 Å². The zero-order valence-corrected chi connectivity index (χ0v) is 9.20. The summed E-state index contributed by atoms with van der Waals surface area (Å²) in [6.45, 7) is 0.886. The van der Waals surface area contributed by atoms with Gasteiger partial charge in [-0.05, 0) is 5.21 Å². The molecule has 2 amide bonds. The van der Waals surface area contributed by atoms with Crippen LogP contribution in [0.4, 0.5) is 10.7 Å². The van der Waals surface area contributed by atoms with Gasteiger partial charge in [0.1, 0.15) is 0 Å². The molecule has 92 valence electrons. The molecule has 2 heterocycles. The van der Waals surface area contributed by atoms with Crippen LogP contribution in [0, 0.1) is 5.92 Å². The SMILES string of the molecule is Cn1nnc(NC(=O)N2CC(CC(=O)O)C2)n1. The van der Waals surface area contributed by atoms with Gasteiger partial charge in [0.25, 0.3) is 5.95 Å². The van der Waals surface area contributed by atoms with Crippen LogP contribution in [0.5, 0.6) is 0 Å². The first-order chi connectivity index (χ1) is 8.04. The normalized spacial score (nSPS) is 15.5. The molecule has 1 aliphatic heterocycles. The van der Waals surface area contributed by atoms with Crippen molar-refractivity contribution in [3.8, 4) is 0 Å². The molecule has 0 radical (unpaired) electrons. The average molecular weight is 240 g/mol. The number of nitrogens with zero attached hydrogens (tertiary/aromatic N) is 5. The van der Waals surface area contributed by atoms with Crippen LogP contribution in [0.25, 0.3) is 0 Å². The molecule has 0 atom stereocenters. The zero-order valence-electron chi connectivity index (χ0n) is 9.20. The maximum absolute atomic E-state index is 11.6. The van der Waals surface area contributed by atoms with E-state index < -0.39 is 5.97 Å². The van der Waals surface area contributed by atoms with Crippen molar-refractivity contribution in [2.75, 3.05) is 18.4 Å². The van der Waals surface area contributed by atoms with Crippen LogP contribution in [0.2, 0.25) is 0 Å². The zero-order chi connectivity index (χ0) is 12.4. The van der Waals surface area contributed by atoms with E-state index in [9.17, 15) is 9.59 Å². The predicted octanol–water partition coefficient (Wildman–Crippen LogP) is -0.851. The van der Waals surface area contributed by atoms with Crippen LogP contribution >= 0.6 is 0 Å². The Morgan fingerprint density at radius 2 is 2.24 bits per heavy atom. The Balaban J connectivity index is 1.78. The van der Waals surface area contributed by atoms with E-state index in [-0.39, 0.29) is 24.3 Å². The number of hydrogen-bond donors (Lipinski definition) is 2. The van der Waals surface area contributed by atoms with Gasteiger partial charge in [0, 0.05) is 19.0 Å². The summed E-state index contributed by atoms with van der Waals surface area (Å²) in [6, 6.07) is -0.334. The van der Waals surface area contributed by atoms with E-state index in [1.54, 1.807) is 7.05 Å². The third kappa shape index (κ3) is 2.68. The number of likely N-dealkylation sites (tertiary alicyclic amines) is 1. The van der Waals surface area contributed by atoms with Gasteiger partial charge in [-0.15, -0.1) is 5.10 Å². The first-order valence-corrected chi connectivity index (χ1v) is 5.06. The van der Waals surface area contributed by atoms with Crippen molar-refractivity contribution in [1.29, 1.82) is 0 Å². The second kappa shape index (κ2) is 4.36. The molecule has 1 aliphatic rings. The molecular formula is C8H12N6O3. The van der Waals surface area contributed by atoms with E-state index in [4.69, 9.17) is 5.11 Å². The van der Waals surface area contributed by atoms with Gasteiger partial charge in [-0.3, -0.25) is 10.1 Å². The smallest absolute Gasteiger partial charge is 0.324 e. The summed E-state index contributed by atoms with van der Waals surface area (Å²) in [5, 5.41) is 22.0. The summed E-state index contributed by atoms with van der Waals surface area (Å²) < 4.78 is 0. The second-order valence-electron chi connectivity index (χ2n) is 3.90. The second-order valence-corrected chi connectivity index (χ2v) is 3.90. The first-order valence-electron chi connectivity index (χ1n) is 5.06. The molecule has 9 nitrogen and oxygen atoms in total. The van der Waals surface area contributed by atoms with Gasteiger partial charge < -0.3 is 10.0 Å². The molecule has 17 heavy (non-hydrogen) atoms. The Morgan fingerprint density at radius 3 is 2.76 bits per heavy atom. The molecule has 0 spiro atoms. The monoisotopic (exact) mass is 240 g/mol. The Hall–Kier alpha value is -2.19. The molecule has 0 bridgehead atoms. The number of anilines is 1. The molecule has 0 aromatic carbocycles. The quantitative estimate of drug-likeness (QED) is 0.711. The molecule has 2 N–H and O–H groups in total. The fraction of sp³-hybridized carbons (Fsp3) is 0.625.